The molecule has 0 atom stereocenters. The summed E-state index contributed by atoms with van der Waals surface area (Å²) in [4.78, 5) is 17.1. The van der Waals surface area contributed by atoms with Gasteiger partial charge in [0, 0.05) is 26.2 Å². The van der Waals surface area contributed by atoms with Crippen LogP contribution in [-0.2, 0) is 4.79 Å². The average molecular weight is 253 g/mol. The lowest BCUT2D eigenvalue weighted by atomic mass is 9.92. The van der Waals surface area contributed by atoms with Crippen LogP contribution in [0.2, 0.25) is 0 Å². The van der Waals surface area contributed by atoms with Crippen LogP contribution in [0.4, 0.5) is 0 Å². The molecule has 104 valence electrons. The van der Waals surface area contributed by atoms with Gasteiger partial charge < -0.3 is 10.2 Å². The van der Waals surface area contributed by atoms with Gasteiger partial charge in [-0.25, -0.2) is 0 Å². The Morgan fingerprint density at radius 1 is 1.11 bits per heavy atom. The Bertz CT molecular complexity index is 289. The van der Waals surface area contributed by atoms with Crippen LogP contribution < -0.4 is 5.32 Å². The van der Waals surface area contributed by atoms with Gasteiger partial charge in [-0.1, -0.05) is 6.92 Å². The predicted octanol–water partition coefficient (Wildman–Crippen LogP) is 0.929. The fourth-order valence-corrected chi connectivity index (χ4v) is 2.96. The van der Waals surface area contributed by atoms with Gasteiger partial charge >= 0.3 is 0 Å². The molecule has 1 amide bonds. The summed E-state index contributed by atoms with van der Waals surface area (Å²) >= 11 is 0. The molecule has 0 bridgehead atoms. The molecule has 0 radical (unpaired) electrons. The van der Waals surface area contributed by atoms with E-state index in [1.54, 1.807) is 0 Å². The number of nitrogens with one attached hydrogen (secondary N) is 1. The topological polar surface area (TPSA) is 35.6 Å². The molecular formula is C14H27N3O. The maximum Gasteiger partial charge on any atom is 0.242 e. The normalized spacial score (nSPS) is 24.3. The Labute approximate surface area is 111 Å². The third kappa shape index (κ3) is 2.86. The average Bonchev–Trinajstić information content (AvgIpc) is 2.39. The van der Waals surface area contributed by atoms with Crippen molar-refractivity contribution in [3.8, 4) is 0 Å². The molecule has 0 saturated carbocycles. The van der Waals surface area contributed by atoms with Crippen molar-refractivity contribution in [2.75, 3.05) is 39.3 Å². The number of rotatable bonds is 2. The van der Waals surface area contributed by atoms with Crippen LogP contribution in [0.5, 0.6) is 0 Å². The van der Waals surface area contributed by atoms with Crippen molar-refractivity contribution < 1.29 is 4.79 Å². The van der Waals surface area contributed by atoms with E-state index >= 15 is 0 Å². The molecule has 0 aromatic rings. The summed E-state index contributed by atoms with van der Waals surface area (Å²) in [5.74, 6) is 1.12. The molecule has 4 heteroatoms. The molecule has 2 rings (SSSR count). The van der Waals surface area contributed by atoms with E-state index in [0.717, 1.165) is 45.2 Å². The van der Waals surface area contributed by atoms with Gasteiger partial charge in [-0.3, -0.25) is 9.69 Å². The minimum Gasteiger partial charge on any atom is -0.339 e. The summed E-state index contributed by atoms with van der Waals surface area (Å²) in [6.07, 6.45) is 2.44. The first-order valence-corrected chi connectivity index (χ1v) is 7.27. The van der Waals surface area contributed by atoms with E-state index < -0.39 is 0 Å². The summed E-state index contributed by atoms with van der Waals surface area (Å²) in [5, 5.41) is 3.30. The van der Waals surface area contributed by atoms with E-state index in [2.05, 4.69) is 31.0 Å². The van der Waals surface area contributed by atoms with Crippen molar-refractivity contribution >= 4 is 5.91 Å². The van der Waals surface area contributed by atoms with E-state index in [0.29, 0.717) is 5.91 Å². The number of piperazine rings is 1. The smallest absolute Gasteiger partial charge is 0.242 e. The van der Waals surface area contributed by atoms with Crippen LogP contribution in [-0.4, -0.2) is 60.5 Å². The van der Waals surface area contributed by atoms with Crippen molar-refractivity contribution in [1.82, 2.24) is 15.1 Å². The molecule has 2 saturated heterocycles. The standard InChI is InChI=1S/C14H27N3O/c1-12-4-8-17(9-5-12)14(2,3)13(18)16-10-6-15-7-11-16/h12,15H,4-11H2,1-3H3. The van der Waals surface area contributed by atoms with Gasteiger partial charge in [-0.05, 0) is 45.7 Å². The molecule has 4 nitrogen and oxygen atoms in total. The molecule has 2 fully saturated rings. The second-order valence-corrected chi connectivity index (χ2v) is 6.27. The molecule has 0 spiro atoms. The Kier molecular flexibility index (Phi) is 4.28. The lowest BCUT2D eigenvalue weighted by Crippen LogP contribution is -2.60. The highest BCUT2D eigenvalue weighted by Gasteiger charge is 2.38. The maximum absolute atomic E-state index is 12.7. The number of hydrogen-bond donors (Lipinski definition) is 1. The first-order valence-electron chi connectivity index (χ1n) is 7.27. The predicted molar refractivity (Wildman–Crippen MR) is 73.5 cm³/mol. The van der Waals surface area contributed by atoms with Crippen LogP contribution in [0.3, 0.4) is 0 Å². The van der Waals surface area contributed by atoms with Gasteiger partial charge in [0.1, 0.15) is 0 Å². The highest BCUT2D eigenvalue weighted by Crippen LogP contribution is 2.25. The van der Waals surface area contributed by atoms with Crippen LogP contribution >= 0.6 is 0 Å². The zero-order chi connectivity index (χ0) is 13.2. The number of carbonyl (C=O) groups excluding carboxylic acids is 1. The van der Waals surface area contributed by atoms with Crippen molar-refractivity contribution in [3.63, 3.8) is 0 Å². The van der Waals surface area contributed by atoms with Gasteiger partial charge in [0.15, 0.2) is 0 Å². The third-order valence-electron chi connectivity index (χ3n) is 4.50. The van der Waals surface area contributed by atoms with Gasteiger partial charge in [0.05, 0.1) is 5.54 Å². The number of carbonyl (C=O) groups is 1. The van der Waals surface area contributed by atoms with Crippen molar-refractivity contribution in [2.45, 2.75) is 39.2 Å². The van der Waals surface area contributed by atoms with Gasteiger partial charge in [0.2, 0.25) is 5.91 Å². The lowest BCUT2D eigenvalue weighted by Gasteiger charge is -2.44. The van der Waals surface area contributed by atoms with E-state index in [-0.39, 0.29) is 5.54 Å². The van der Waals surface area contributed by atoms with Crippen LogP contribution in [0.1, 0.15) is 33.6 Å². The minimum atomic E-state index is -0.336. The molecule has 0 unspecified atom stereocenters. The zero-order valence-corrected chi connectivity index (χ0v) is 12.0. The molecule has 2 aliphatic rings. The molecule has 2 aliphatic heterocycles. The van der Waals surface area contributed by atoms with Gasteiger partial charge in [-0.15, -0.1) is 0 Å². The second-order valence-electron chi connectivity index (χ2n) is 6.27. The fraction of sp³-hybridized carbons (Fsp3) is 0.929. The summed E-state index contributed by atoms with van der Waals surface area (Å²) in [6.45, 7) is 12.2. The quantitative estimate of drug-likeness (QED) is 0.795. The SMILES string of the molecule is CC1CCN(C(C)(C)C(=O)N2CCNCC2)CC1. The van der Waals surface area contributed by atoms with E-state index in [4.69, 9.17) is 0 Å². The lowest BCUT2D eigenvalue weighted by molar-refractivity contribution is -0.144. The highest BCUT2D eigenvalue weighted by atomic mass is 16.2. The van der Waals surface area contributed by atoms with Gasteiger partial charge in [-0.2, -0.15) is 0 Å². The molecule has 0 aromatic heterocycles. The number of amides is 1. The third-order valence-corrected chi connectivity index (χ3v) is 4.50. The molecular weight excluding hydrogens is 226 g/mol. The van der Waals surface area contributed by atoms with E-state index in [1.807, 2.05) is 4.90 Å². The first kappa shape index (κ1) is 13.8. The molecule has 0 aromatic carbocycles. The van der Waals surface area contributed by atoms with Crippen LogP contribution in [0.15, 0.2) is 0 Å². The Hall–Kier alpha value is -0.610. The van der Waals surface area contributed by atoms with E-state index in [9.17, 15) is 4.79 Å². The van der Waals surface area contributed by atoms with Crippen molar-refractivity contribution in [2.24, 2.45) is 5.92 Å². The first-order chi connectivity index (χ1) is 8.51. The Morgan fingerprint density at radius 2 is 1.67 bits per heavy atom. The Morgan fingerprint density at radius 3 is 2.22 bits per heavy atom. The van der Waals surface area contributed by atoms with Crippen LogP contribution in [0.25, 0.3) is 0 Å². The van der Waals surface area contributed by atoms with E-state index in [1.165, 1.54) is 12.8 Å². The second kappa shape index (κ2) is 5.57. The molecule has 2 heterocycles. The monoisotopic (exact) mass is 253 g/mol. The molecule has 0 aliphatic carbocycles. The summed E-state index contributed by atoms with van der Waals surface area (Å²) in [5.41, 5.74) is -0.336. The zero-order valence-electron chi connectivity index (χ0n) is 12.0. The number of likely N-dealkylation sites (tertiary alicyclic amines) is 1. The molecule has 1 N–H and O–H groups in total. The van der Waals surface area contributed by atoms with Crippen molar-refractivity contribution in [1.29, 1.82) is 0 Å². The summed E-state index contributed by atoms with van der Waals surface area (Å²) in [7, 11) is 0. The summed E-state index contributed by atoms with van der Waals surface area (Å²) < 4.78 is 0. The fourth-order valence-electron chi connectivity index (χ4n) is 2.96. The van der Waals surface area contributed by atoms with Crippen LogP contribution in [0, 0.1) is 5.92 Å². The largest absolute Gasteiger partial charge is 0.339 e. The minimum absolute atomic E-state index is 0.304. The van der Waals surface area contributed by atoms with Gasteiger partial charge in [0.25, 0.3) is 0 Å². The number of hydrogen-bond acceptors (Lipinski definition) is 3. The molecule has 18 heavy (non-hydrogen) atoms. The maximum atomic E-state index is 12.7. The number of piperidine rings is 1. The Balaban J connectivity index is 1.98. The van der Waals surface area contributed by atoms with Crippen molar-refractivity contribution in [3.05, 3.63) is 0 Å². The number of nitrogens with zero attached hydrogens (tertiary/aromatic N) is 2. The highest BCUT2D eigenvalue weighted by molar-refractivity contribution is 5.85. The summed E-state index contributed by atoms with van der Waals surface area (Å²) in [6, 6.07) is 0.